The predicted octanol–water partition coefficient (Wildman–Crippen LogP) is 3.61. The molecule has 0 aliphatic carbocycles. The quantitative estimate of drug-likeness (QED) is 0.808. The second-order valence-electron chi connectivity index (χ2n) is 4.94. The number of carbonyl (C=O) groups is 1. The Bertz CT molecular complexity index is 778. The minimum atomic E-state index is -3.66. The largest absolute Gasteiger partial charge is 0.293 e. The molecule has 21 heavy (non-hydrogen) atoms. The molecule has 3 nitrogen and oxygen atoms in total. The highest BCUT2D eigenvalue weighted by Crippen LogP contribution is 2.17. The summed E-state index contributed by atoms with van der Waals surface area (Å²) < 4.78 is 24.4. The molecular weight excluding hydrogens is 308 g/mol. The average Bonchev–Trinajstić information content (AvgIpc) is 2.41. The molecule has 0 amide bonds. The molecule has 0 saturated heterocycles. The van der Waals surface area contributed by atoms with E-state index in [0.717, 1.165) is 11.1 Å². The van der Waals surface area contributed by atoms with Gasteiger partial charge >= 0.3 is 0 Å². The molecule has 0 radical (unpaired) electrons. The maximum Gasteiger partial charge on any atom is 0.185 e. The molecule has 2 aromatic carbocycles. The van der Waals surface area contributed by atoms with E-state index in [2.05, 4.69) is 0 Å². The van der Waals surface area contributed by atoms with Gasteiger partial charge < -0.3 is 0 Å². The van der Waals surface area contributed by atoms with E-state index < -0.39 is 21.4 Å². The number of hydrogen-bond donors (Lipinski definition) is 0. The monoisotopic (exact) mass is 322 g/mol. The SMILES string of the molecule is Cc1ccc(C(=O)CS(=O)(=O)c2ccc(Cl)cc2)cc1C. The third-order valence-corrected chi connectivity index (χ3v) is 5.21. The summed E-state index contributed by atoms with van der Waals surface area (Å²) in [6.07, 6.45) is 0. The van der Waals surface area contributed by atoms with Crippen LogP contribution in [0.1, 0.15) is 21.5 Å². The molecule has 0 heterocycles. The number of aryl methyl sites for hydroxylation is 2. The number of Topliss-reactive ketones (excluding diaryl/α,β-unsaturated/α-hetero) is 1. The van der Waals surface area contributed by atoms with Crippen LogP contribution in [0.2, 0.25) is 5.02 Å². The van der Waals surface area contributed by atoms with Crippen molar-refractivity contribution in [2.75, 3.05) is 5.75 Å². The first-order chi connectivity index (χ1) is 9.79. The summed E-state index contributed by atoms with van der Waals surface area (Å²) in [6.45, 7) is 3.83. The highest BCUT2D eigenvalue weighted by molar-refractivity contribution is 7.92. The maximum absolute atomic E-state index is 12.2. The summed E-state index contributed by atoms with van der Waals surface area (Å²) in [5, 5.41) is 0.453. The second kappa shape index (κ2) is 6.00. The van der Waals surface area contributed by atoms with E-state index >= 15 is 0 Å². The van der Waals surface area contributed by atoms with Crippen molar-refractivity contribution in [1.82, 2.24) is 0 Å². The molecule has 0 spiro atoms. The van der Waals surface area contributed by atoms with Crippen molar-refractivity contribution in [1.29, 1.82) is 0 Å². The van der Waals surface area contributed by atoms with Crippen LogP contribution in [0.4, 0.5) is 0 Å². The number of benzene rings is 2. The van der Waals surface area contributed by atoms with Gasteiger partial charge in [0.25, 0.3) is 0 Å². The minimum absolute atomic E-state index is 0.101. The zero-order chi connectivity index (χ0) is 15.6. The van der Waals surface area contributed by atoms with Gasteiger partial charge in [-0.25, -0.2) is 8.42 Å². The van der Waals surface area contributed by atoms with E-state index in [-0.39, 0.29) is 4.90 Å². The van der Waals surface area contributed by atoms with Crippen LogP contribution in [0.15, 0.2) is 47.4 Å². The minimum Gasteiger partial charge on any atom is -0.293 e. The van der Waals surface area contributed by atoms with Crippen molar-refractivity contribution in [3.05, 3.63) is 64.2 Å². The lowest BCUT2D eigenvalue weighted by molar-refractivity contribution is 0.102. The second-order valence-corrected chi connectivity index (χ2v) is 7.36. The van der Waals surface area contributed by atoms with Gasteiger partial charge in [0, 0.05) is 10.6 Å². The average molecular weight is 323 g/mol. The topological polar surface area (TPSA) is 51.2 Å². The predicted molar refractivity (Wildman–Crippen MR) is 83.8 cm³/mol. The van der Waals surface area contributed by atoms with Crippen molar-refractivity contribution < 1.29 is 13.2 Å². The first-order valence-corrected chi connectivity index (χ1v) is 8.41. The Morgan fingerprint density at radius 3 is 2.19 bits per heavy atom. The van der Waals surface area contributed by atoms with E-state index in [9.17, 15) is 13.2 Å². The van der Waals surface area contributed by atoms with Crippen LogP contribution in [0, 0.1) is 13.8 Å². The zero-order valence-electron chi connectivity index (χ0n) is 11.8. The molecule has 0 bridgehead atoms. The highest BCUT2D eigenvalue weighted by Gasteiger charge is 2.20. The Morgan fingerprint density at radius 2 is 1.62 bits per heavy atom. The van der Waals surface area contributed by atoms with Crippen LogP contribution in [0.25, 0.3) is 0 Å². The molecule has 2 aromatic rings. The summed E-state index contributed by atoms with van der Waals surface area (Å²) in [7, 11) is -3.66. The van der Waals surface area contributed by atoms with Crippen molar-refractivity contribution in [3.8, 4) is 0 Å². The van der Waals surface area contributed by atoms with Gasteiger partial charge in [0.1, 0.15) is 5.75 Å². The van der Waals surface area contributed by atoms with Crippen molar-refractivity contribution in [2.24, 2.45) is 0 Å². The Morgan fingerprint density at radius 1 is 1.00 bits per heavy atom. The van der Waals surface area contributed by atoms with Crippen LogP contribution in [-0.2, 0) is 9.84 Å². The molecule has 0 N–H and O–H groups in total. The first-order valence-electron chi connectivity index (χ1n) is 6.38. The smallest absolute Gasteiger partial charge is 0.185 e. The fourth-order valence-electron chi connectivity index (χ4n) is 1.90. The molecule has 5 heteroatoms. The van der Waals surface area contributed by atoms with Crippen molar-refractivity contribution >= 4 is 27.2 Å². The van der Waals surface area contributed by atoms with E-state index in [1.54, 1.807) is 12.1 Å². The normalized spacial score (nSPS) is 11.4. The third kappa shape index (κ3) is 3.71. The van der Waals surface area contributed by atoms with Gasteiger partial charge in [0.15, 0.2) is 15.6 Å². The molecule has 0 aromatic heterocycles. The number of ketones is 1. The van der Waals surface area contributed by atoms with Crippen LogP contribution >= 0.6 is 11.6 Å². The molecule has 0 aliphatic heterocycles. The van der Waals surface area contributed by atoms with Crippen LogP contribution in [0.3, 0.4) is 0 Å². The Hall–Kier alpha value is -1.65. The van der Waals surface area contributed by atoms with Gasteiger partial charge in [-0.1, -0.05) is 23.7 Å². The number of hydrogen-bond acceptors (Lipinski definition) is 3. The maximum atomic E-state index is 12.2. The molecular formula is C16H15ClO3S. The van der Waals surface area contributed by atoms with Gasteiger partial charge in [0.2, 0.25) is 0 Å². The lowest BCUT2D eigenvalue weighted by Crippen LogP contribution is -2.16. The van der Waals surface area contributed by atoms with Crippen LogP contribution in [0.5, 0.6) is 0 Å². The molecule has 0 aliphatic rings. The number of sulfone groups is 1. The van der Waals surface area contributed by atoms with Gasteiger partial charge in [-0.15, -0.1) is 0 Å². The zero-order valence-corrected chi connectivity index (χ0v) is 13.3. The Labute approximate surface area is 129 Å². The summed E-state index contributed by atoms with van der Waals surface area (Å²) in [4.78, 5) is 12.3. The number of halogens is 1. The fourth-order valence-corrected chi connectivity index (χ4v) is 3.25. The van der Waals surface area contributed by atoms with E-state index in [1.165, 1.54) is 24.3 Å². The van der Waals surface area contributed by atoms with Gasteiger partial charge in [0.05, 0.1) is 4.90 Å². The molecule has 110 valence electrons. The molecule has 0 unspecified atom stereocenters. The standard InChI is InChI=1S/C16H15ClO3S/c1-11-3-4-13(9-12(11)2)16(18)10-21(19,20)15-7-5-14(17)6-8-15/h3-9H,10H2,1-2H3. The number of rotatable bonds is 4. The number of carbonyl (C=O) groups excluding carboxylic acids is 1. The van der Waals surface area contributed by atoms with Gasteiger partial charge in [-0.3, -0.25) is 4.79 Å². The van der Waals surface area contributed by atoms with E-state index in [0.29, 0.717) is 10.6 Å². The fraction of sp³-hybridized carbons (Fsp3) is 0.188. The third-order valence-electron chi connectivity index (χ3n) is 3.32. The Kier molecular flexibility index (Phi) is 4.49. The molecule has 0 fully saturated rings. The summed E-state index contributed by atoms with van der Waals surface area (Å²) in [6, 6.07) is 11.0. The highest BCUT2D eigenvalue weighted by atomic mass is 35.5. The summed E-state index contributed by atoms with van der Waals surface area (Å²) in [5.74, 6) is -0.954. The van der Waals surface area contributed by atoms with Gasteiger partial charge in [-0.05, 0) is 55.3 Å². The molecule has 0 atom stereocenters. The van der Waals surface area contributed by atoms with E-state index in [4.69, 9.17) is 11.6 Å². The summed E-state index contributed by atoms with van der Waals surface area (Å²) >= 11 is 5.73. The van der Waals surface area contributed by atoms with Crippen molar-refractivity contribution in [3.63, 3.8) is 0 Å². The van der Waals surface area contributed by atoms with Crippen LogP contribution < -0.4 is 0 Å². The van der Waals surface area contributed by atoms with Crippen LogP contribution in [-0.4, -0.2) is 20.0 Å². The van der Waals surface area contributed by atoms with E-state index in [1.807, 2.05) is 19.9 Å². The lowest BCUT2D eigenvalue weighted by Gasteiger charge is -2.06. The lowest BCUT2D eigenvalue weighted by atomic mass is 10.0. The van der Waals surface area contributed by atoms with Gasteiger partial charge in [-0.2, -0.15) is 0 Å². The Balaban J connectivity index is 2.25. The molecule has 0 saturated carbocycles. The summed E-state index contributed by atoms with van der Waals surface area (Å²) in [5.41, 5.74) is 2.44. The molecule has 2 rings (SSSR count). The first kappa shape index (κ1) is 15.7. The van der Waals surface area contributed by atoms with Crippen molar-refractivity contribution in [2.45, 2.75) is 18.7 Å².